The minimum atomic E-state index is -0.367. The van der Waals surface area contributed by atoms with Crippen LogP contribution >= 0.6 is 11.6 Å². The maximum atomic E-state index is 11.3. The van der Waals surface area contributed by atoms with Crippen LogP contribution in [0.1, 0.15) is 18.1 Å². The highest BCUT2D eigenvalue weighted by Gasteiger charge is 2.03. The summed E-state index contributed by atoms with van der Waals surface area (Å²) in [6, 6.07) is 18.3. The summed E-state index contributed by atoms with van der Waals surface area (Å²) in [6.45, 7) is 2.48. The van der Waals surface area contributed by atoms with Gasteiger partial charge in [-0.3, -0.25) is 0 Å². The normalized spacial score (nSPS) is 10.7. The van der Waals surface area contributed by atoms with E-state index in [1.54, 1.807) is 43.5 Å². The number of carbonyl (C=O) groups excluding carboxylic acids is 1. The highest BCUT2D eigenvalue weighted by molar-refractivity contribution is 6.31. The van der Waals surface area contributed by atoms with Crippen molar-refractivity contribution in [1.29, 1.82) is 0 Å². The molecule has 3 aromatic rings. The number of aromatic nitrogens is 1. The summed E-state index contributed by atoms with van der Waals surface area (Å²) in [4.78, 5) is 15.6. The van der Waals surface area contributed by atoms with E-state index < -0.39 is 0 Å². The van der Waals surface area contributed by atoms with Gasteiger partial charge < -0.3 is 14.2 Å². The van der Waals surface area contributed by atoms with Crippen LogP contribution in [0.3, 0.4) is 0 Å². The van der Waals surface area contributed by atoms with Crippen molar-refractivity contribution in [2.24, 2.45) is 0 Å². The Morgan fingerprint density at radius 2 is 1.79 bits per heavy atom. The number of esters is 1. The molecule has 2 aromatic carbocycles. The molecule has 0 saturated carbocycles. The SMILES string of the molecule is CCOC(=O)C=Cc1ccc(Oc2ccc(OCc3ccccc3Cl)cn2)cc1. The first-order chi connectivity index (χ1) is 14.1. The largest absolute Gasteiger partial charge is 0.487 e. The molecule has 0 aliphatic heterocycles. The molecule has 1 aromatic heterocycles. The van der Waals surface area contributed by atoms with Gasteiger partial charge in [-0.25, -0.2) is 9.78 Å². The van der Waals surface area contributed by atoms with Gasteiger partial charge in [-0.1, -0.05) is 41.9 Å². The lowest BCUT2D eigenvalue weighted by molar-refractivity contribution is -0.137. The van der Waals surface area contributed by atoms with Crippen molar-refractivity contribution in [2.45, 2.75) is 13.5 Å². The van der Waals surface area contributed by atoms with Crippen molar-refractivity contribution in [2.75, 3.05) is 6.61 Å². The van der Waals surface area contributed by atoms with E-state index in [1.165, 1.54) is 6.08 Å². The number of benzene rings is 2. The van der Waals surface area contributed by atoms with Crippen LogP contribution in [0.15, 0.2) is 72.9 Å². The highest BCUT2D eigenvalue weighted by Crippen LogP contribution is 2.23. The first kappa shape index (κ1) is 20.4. The lowest BCUT2D eigenvalue weighted by Crippen LogP contribution is -1.98. The molecular weight excluding hydrogens is 390 g/mol. The maximum Gasteiger partial charge on any atom is 0.330 e. The number of rotatable bonds is 8. The van der Waals surface area contributed by atoms with Gasteiger partial charge in [0.05, 0.1) is 12.8 Å². The van der Waals surface area contributed by atoms with Crippen molar-refractivity contribution < 1.29 is 19.0 Å². The first-order valence-corrected chi connectivity index (χ1v) is 9.47. The summed E-state index contributed by atoms with van der Waals surface area (Å²) in [7, 11) is 0. The van der Waals surface area contributed by atoms with Crippen LogP contribution in [-0.4, -0.2) is 17.6 Å². The minimum Gasteiger partial charge on any atom is -0.487 e. The predicted molar refractivity (Wildman–Crippen MR) is 112 cm³/mol. The molecule has 0 saturated heterocycles. The quantitative estimate of drug-likeness (QED) is 0.353. The molecule has 0 aliphatic carbocycles. The Bertz CT molecular complexity index is 969. The van der Waals surface area contributed by atoms with Gasteiger partial charge in [0.15, 0.2) is 0 Å². The lowest BCUT2D eigenvalue weighted by Gasteiger charge is -2.09. The minimum absolute atomic E-state index is 0.354. The summed E-state index contributed by atoms with van der Waals surface area (Å²) in [6.07, 6.45) is 4.68. The summed E-state index contributed by atoms with van der Waals surface area (Å²) in [5, 5.41) is 0.668. The van der Waals surface area contributed by atoms with Gasteiger partial charge in [0, 0.05) is 22.7 Å². The first-order valence-electron chi connectivity index (χ1n) is 9.09. The van der Waals surface area contributed by atoms with Gasteiger partial charge in [-0.2, -0.15) is 0 Å². The Kier molecular flexibility index (Phi) is 7.25. The molecule has 1 heterocycles. The molecular formula is C23H20ClNO4. The van der Waals surface area contributed by atoms with Crippen molar-refractivity contribution in [1.82, 2.24) is 4.98 Å². The van der Waals surface area contributed by atoms with E-state index in [0.717, 1.165) is 11.1 Å². The fraction of sp³-hybridized carbons (Fsp3) is 0.130. The number of halogens is 1. The van der Waals surface area contributed by atoms with Crippen molar-refractivity contribution >= 4 is 23.6 Å². The average Bonchev–Trinajstić information content (AvgIpc) is 2.74. The molecule has 0 radical (unpaired) electrons. The van der Waals surface area contributed by atoms with Crippen molar-refractivity contribution in [3.05, 3.63) is 89.1 Å². The smallest absolute Gasteiger partial charge is 0.330 e. The molecule has 0 unspecified atom stereocenters. The average molecular weight is 410 g/mol. The zero-order valence-corrected chi connectivity index (χ0v) is 16.6. The molecule has 148 valence electrons. The molecule has 0 amide bonds. The maximum absolute atomic E-state index is 11.3. The third-order valence-electron chi connectivity index (χ3n) is 3.86. The van der Waals surface area contributed by atoms with Crippen LogP contribution in [0.5, 0.6) is 17.4 Å². The molecule has 6 heteroatoms. The Balaban J connectivity index is 1.54. The third kappa shape index (κ3) is 6.36. The summed E-state index contributed by atoms with van der Waals surface area (Å²) >= 11 is 6.12. The van der Waals surface area contributed by atoms with Gasteiger partial charge in [0.2, 0.25) is 5.88 Å². The molecule has 3 rings (SSSR count). The Morgan fingerprint density at radius 1 is 1.03 bits per heavy atom. The number of nitrogens with zero attached hydrogens (tertiary/aromatic N) is 1. The van der Waals surface area contributed by atoms with Gasteiger partial charge >= 0.3 is 5.97 Å². The third-order valence-corrected chi connectivity index (χ3v) is 4.23. The van der Waals surface area contributed by atoms with E-state index in [-0.39, 0.29) is 5.97 Å². The zero-order valence-electron chi connectivity index (χ0n) is 15.9. The van der Waals surface area contributed by atoms with Gasteiger partial charge in [0.25, 0.3) is 0 Å². The van der Waals surface area contributed by atoms with Crippen LogP contribution in [0, 0.1) is 0 Å². The molecule has 5 nitrogen and oxygen atoms in total. The second-order valence-corrected chi connectivity index (χ2v) is 6.38. The van der Waals surface area contributed by atoms with Crippen LogP contribution < -0.4 is 9.47 Å². The number of carbonyl (C=O) groups is 1. The molecule has 0 N–H and O–H groups in total. The van der Waals surface area contributed by atoms with Crippen molar-refractivity contribution in [3.8, 4) is 17.4 Å². The number of hydrogen-bond donors (Lipinski definition) is 0. The van der Waals surface area contributed by atoms with Gasteiger partial charge in [0.1, 0.15) is 18.1 Å². The lowest BCUT2D eigenvalue weighted by atomic mass is 10.2. The fourth-order valence-electron chi connectivity index (χ4n) is 2.41. The Labute approximate surface area is 174 Å². The summed E-state index contributed by atoms with van der Waals surface area (Å²) < 4.78 is 16.3. The molecule has 0 atom stereocenters. The van der Waals surface area contributed by atoms with Gasteiger partial charge in [-0.15, -0.1) is 0 Å². The second-order valence-electron chi connectivity index (χ2n) is 5.97. The summed E-state index contributed by atoms with van der Waals surface area (Å²) in [5.41, 5.74) is 1.77. The van der Waals surface area contributed by atoms with E-state index in [4.69, 9.17) is 25.8 Å². The summed E-state index contributed by atoms with van der Waals surface area (Å²) in [5.74, 6) is 1.34. The second kappa shape index (κ2) is 10.3. The Morgan fingerprint density at radius 3 is 2.48 bits per heavy atom. The standard InChI is InChI=1S/C23H20ClNO4/c1-2-27-23(26)14-9-17-7-10-19(11-8-17)29-22-13-12-20(15-25-22)28-16-18-5-3-4-6-21(18)24/h3-15H,2,16H2,1H3. The monoisotopic (exact) mass is 409 g/mol. The van der Waals surface area contributed by atoms with Crippen LogP contribution in [0.25, 0.3) is 6.08 Å². The van der Waals surface area contributed by atoms with E-state index in [9.17, 15) is 4.79 Å². The van der Waals surface area contributed by atoms with Crippen LogP contribution in [0.4, 0.5) is 0 Å². The van der Waals surface area contributed by atoms with Crippen molar-refractivity contribution in [3.63, 3.8) is 0 Å². The number of pyridine rings is 1. The molecule has 29 heavy (non-hydrogen) atoms. The topological polar surface area (TPSA) is 57.7 Å². The molecule has 0 aliphatic rings. The van der Waals surface area contributed by atoms with E-state index in [0.29, 0.717) is 35.6 Å². The molecule has 0 bridgehead atoms. The molecule has 0 spiro atoms. The van der Waals surface area contributed by atoms with Crippen LogP contribution in [-0.2, 0) is 16.1 Å². The van der Waals surface area contributed by atoms with E-state index >= 15 is 0 Å². The fourth-order valence-corrected chi connectivity index (χ4v) is 2.60. The number of hydrogen-bond acceptors (Lipinski definition) is 5. The van der Waals surface area contributed by atoms with Crippen LogP contribution in [0.2, 0.25) is 5.02 Å². The number of ether oxygens (including phenoxy) is 3. The zero-order chi connectivity index (χ0) is 20.5. The van der Waals surface area contributed by atoms with E-state index in [1.807, 2.05) is 36.4 Å². The predicted octanol–water partition coefficient (Wildman–Crippen LogP) is 5.68. The Hall–Kier alpha value is -3.31. The molecule has 0 fully saturated rings. The van der Waals surface area contributed by atoms with E-state index in [2.05, 4.69) is 4.98 Å². The highest BCUT2D eigenvalue weighted by atomic mass is 35.5. The van der Waals surface area contributed by atoms with Gasteiger partial charge in [-0.05, 0) is 42.8 Å².